The zero-order valence-corrected chi connectivity index (χ0v) is 17.3. The minimum atomic E-state index is -0.250. The summed E-state index contributed by atoms with van der Waals surface area (Å²) in [4.78, 5) is 26.4. The van der Waals surface area contributed by atoms with Crippen molar-refractivity contribution in [2.24, 2.45) is 0 Å². The summed E-state index contributed by atoms with van der Waals surface area (Å²) in [6.07, 6.45) is 0. The lowest BCUT2D eigenvalue weighted by atomic mass is 10.1. The fraction of sp³-hybridized carbons (Fsp3) is 0.261. The van der Waals surface area contributed by atoms with Gasteiger partial charge in [-0.25, -0.2) is 4.68 Å². The highest BCUT2D eigenvalue weighted by Crippen LogP contribution is 2.19. The van der Waals surface area contributed by atoms with Gasteiger partial charge in [-0.15, -0.1) is 0 Å². The number of hydrogen-bond acceptors (Lipinski definition) is 3. The molecule has 150 valence electrons. The lowest BCUT2D eigenvalue weighted by Crippen LogP contribution is -2.38. The van der Waals surface area contributed by atoms with Crippen molar-refractivity contribution in [3.8, 4) is 5.69 Å². The number of rotatable bonds is 6. The van der Waals surface area contributed by atoms with Gasteiger partial charge in [0.2, 0.25) is 5.91 Å². The lowest BCUT2D eigenvalue weighted by Gasteiger charge is -2.18. The predicted molar refractivity (Wildman–Crippen MR) is 113 cm³/mol. The average molecular weight is 390 g/mol. The number of nitrogens with zero attached hydrogens (tertiary/aromatic N) is 3. The number of hydrogen-bond donors (Lipinski definition) is 1. The molecule has 0 radical (unpaired) electrons. The molecule has 0 atom stereocenters. The molecule has 3 rings (SSSR count). The Kier molecular flexibility index (Phi) is 6.12. The third-order valence-electron chi connectivity index (χ3n) is 4.94. The standard InChI is InChI=1S/C23H26N4O2/c1-16-9-8-10-19(13-16)23(29)24-14-22(28)26(4)15-21-17(2)25-27(18(21)3)20-11-6-5-7-12-20/h5-13H,14-15H2,1-4H3,(H,24,29). The molecule has 2 amide bonds. The first kappa shape index (κ1) is 20.3. The largest absolute Gasteiger partial charge is 0.343 e. The van der Waals surface area contributed by atoms with Crippen LogP contribution in [0.3, 0.4) is 0 Å². The molecule has 2 aromatic carbocycles. The molecule has 0 unspecified atom stereocenters. The van der Waals surface area contributed by atoms with Crippen molar-refractivity contribution in [2.45, 2.75) is 27.3 Å². The fourth-order valence-corrected chi connectivity index (χ4v) is 3.23. The van der Waals surface area contributed by atoms with Gasteiger partial charge in [0, 0.05) is 30.4 Å². The highest BCUT2D eigenvalue weighted by atomic mass is 16.2. The smallest absolute Gasteiger partial charge is 0.251 e. The highest BCUT2D eigenvalue weighted by Gasteiger charge is 2.18. The Morgan fingerprint density at radius 1 is 1.03 bits per heavy atom. The molecule has 1 heterocycles. The first-order chi connectivity index (χ1) is 13.9. The van der Waals surface area contributed by atoms with E-state index in [0.717, 1.165) is 28.2 Å². The Labute approximate surface area is 171 Å². The minimum Gasteiger partial charge on any atom is -0.343 e. The molecule has 0 aliphatic rings. The van der Waals surface area contributed by atoms with Crippen LogP contribution in [0.4, 0.5) is 0 Å². The molecule has 0 saturated carbocycles. The summed E-state index contributed by atoms with van der Waals surface area (Å²) in [6.45, 7) is 6.26. The van der Waals surface area contributed by atoms with E-state index in [0.29, 0.717) is 12.1 Å². The summed E-state index contributed by atoms with van der Waals surface area (Å²) in [7, 11) is 1.74. The second kappa shape index (κ2) is 8.73. The molecule has 6 heteroatoms. The summed E-state index contributed by atoms with van der Waals surface area (Å²) in [5, 5.41) is 7.33. The second-order valence-corrected chi connectivity index (χ2v) is 7.20. The molecule has 0 fully saturated rings. The van der Waals surface area contributed by atoms with Crippen LogP contribution in [-0.2, 0) is 11.3 Å². The number of likely N-dealkylation sites (N-methyl/N-ethyl adjacent to an activating group) is 1. The summed E-state index contributed by atoms with van der Waals surface area (Å²) in [5.41, 5.74) is 5.43. The van der Waals surface area contributed by atoms with Crippen molar-refractivity contribution >= 4 is 11.8 Å². The van der Waals surface area contributed by atoms with E-state index in [4.69, 9.17) is 0 Å². The number of aromatic nitrogens is 2. The number of nitrogens with one attached hydrogen (secondary N) is 1. The zero-order valence-electron chi connectivity index (χ0n) is 17.3. The van der Waals surface area contributed by atoms with Gasteiger partial charge in [0.1, 0.15) is 0 Å². The maximum Gasteiger partial charge on any atom is 0.251 e. The molecule has 29 heavy (non-hydrogen) atoms. The van der Waals surface area contributed by atoms with Crippen LogP contribution in [0, 0.1) is 20.8 Å². The van der Waals surface area contributed by atoms with Crippen molar-refractivity contribution in [3.63, 3.8) is 0 Å². The van der Waals surface area contributed by atoms with Crippen LogP contribution >= 0.6 is 0 Å². The van der Waals surface area contributed by atoms with Crippen LogP contribution in [0.5, 0.6) is 0 Å². The Hall–Kier alpha value is -3.41. The molecule has 1 aromatic heterocycles. The van der Waals surface area contributed by atoms with E-state index in [-0.39, 0.29) is 18.4 Å². The number of para-hydroxylation sites is 1. The van der Waals surface area contributed by atoms with Crippen molar-refractivity contribution in [1.29, 1.82) is 0 Å². The van der Waals surface area contributed by atoms with E-state index in [1.165, 1.54) is 0 Å². The van der Waals surface area contributed by atoms with Crippen LogP contribution in [0.25, 0.3) is 5.69 Å². The number of aryl methyl sites for hydroxylation is 2. The fourth-order valence-electron chi connectivity index (χ4n) is 3.23. The average Bonchev–Trinajstić information content (AvgIpc) is 3.00. The van der Waals surface area contributed by atoms with Gasteiger partial charge in [0.05, 0.1) is 17.9 Å². The molecule has 0 spiro atoms. The minimum absolute atomic E-state index is 0.0474. The third kappa shape index (κ3) is 4.71. The van der Waals surface area contributed by atoms with E-state index in [9.17, 15) is 9.59 Å². The molecule has 0 aliphatic heterocycles. The topological polar surface area (TPSA) is 67.2 Å². The SMILES string of the molecule is Cc1cccc(C(=O)NCC(=O)N(C)Cc2c(C)nn(-c3ccccc3)c2C)c1. The molecular weight excluding hydrogens is 364 g/mol. The van der Waals surface area contributed by atoms with Crippen molar-refractivity contribution in [2.75, 3.05) is 13.6 Å². The van der Waals surface area contributed by atoms with E-state index in [1.807, 2.05) is 67.9 Å². The Morgan fingerprint density at radius 2 is 1.76 bits per heavy atom. The Morgan fingerprint density at radius 3 is 2.45 bits per heavy atom. The quantitative estimate of drug-likeness (QED) is 0.703. The van der Waals surface area contributed by atoms with Gasteiger partial charge < -0.3 is 10.2 Å². The third-order valence-corrected chi connectivity index (χ3v) is 4.94. The molecule has 6 nitrogen and oxygen atoms in total. The van der Waals surface area contributed by atoms with Gasteiger partial charge in [-0.05, 0) is 45.0 Å². The van der Waals surface area contributed by atoms with Gasteiger partial charge in [-0.1, -0.05) is 35.9 Å². The van der Waals surface area contributed by atoms with Crippen LogP contribution in [0.2, 0.25) is 0 Å². The van der Waals surface area contributed by atoms with Crippen molar-refractivity contribution in [3.05, 3.63) is 82.7 Å². The normalized spacial score (nSPS) is 10.6. The molecule has 0 saturated heterocycles. The monoisotopic (exact) mass is 390 g/mol. The van der Waals surface area contributed by atoms with Crippen LogP contribution < -0.4 is 5.32 Å². The van der Waals surface area contributed by atoms with Crippen molar-refractivity contribution in [1.82, 2.24) is 20.0 Å². The first-order valence-electron chi connectivity index (χ1n) is 9.56. The zero-order chi connectivity index (χ0) is 21.0. The summed E-state index contributed by atoms with van der Waals surface area (Å²) in [6, 6.07) is 17.2. The lowest BCUT2D eigenvalue weighted by molar-refractivity contribution is -0.129. The number of carbonyl (C=O) groups is 2. The predicted octanol–water partition coefficient (Wildman–Crippen LogP) is 3.19. The Bertz CT molecular complexity index is 1020. The maximum atomic E-state index is 12.5. The molecular formula is C23H26N4O2. The maximum absolute atomic E-state index is 12.5. The van der Waals surface area contributed by atoms with Crippen LogP contribution in [-0.4, -0.2) is 40.1 Å². The molecule has 0 aliphatic carbocycles. The summed E-state index contributed by atoms with van der Waals surface area (Å²) >= 11 is 0. The van der Waals surface area contributed by atoms with Gasteiger partial charge in [0.25, 0.3) is 5.91 Å². The first-order valence-corrected chi connectivity index (χ1v) is 9.56. The molecule has 1 N–H and O–H groups in total. The number of benzene rings is 2. The Balaban J connectivity index is 1.64. The second-order valence-electron chi connectivity index (χ2n) is 7.20. The van der Waals surface area contributed by atoms with E-state index in [2.05, 4.69) is 10.4 Å². The van der Waals surface area contributed by atoms with Gasteiger partial charge in [0.15, 0.2) is 0 Å². The van der Waals surface area contributed by atoms with Gasteiger partial charge in [-0.2, -0.15) is 5.10 Å². The number of carbonyl (C=O) groups excluding carboxylic acids is 2. The van der Waals surface area contributed by atoms with E-state index < -0.39 is 0 Å². The number of amides is 2. The molecule has 3 aromatic rings. The summed E-state index contributed by atoms with van der Waals surface area (Å²) < 4.78 is 1.89. The highest BCUT2D eigenvalue weighted by molar-refractivity contribution is 5.96. The van der Waals surface area contributed by atoms with Crippen LogP contribution in [0.15, 0.2) is 54.6 Å². The van der Waals surface area contributed by atoms with Crippen molar-refractivity contribution < 1.29 is 9.59 Å². The van der Waals surface area contributed by atoms with Gasteiger partial charge >= 0.3 is 0 Å². The summed E-state index contributed by atoms with van der Waals surface area (Å²) in [5.74, 6) is -0.406. The van der Waals surface area contributed by atoms with E-state index in [1.54, 1.807) is 24.1 Å². The van der Waals surface area contributed by atoms with Crippen LogP contribution in [0.1, 0.15) is 32.9 Å². The molecule has 0 bridgehead atoms. The van der Waals surface area contributed by atoms with E-state index >= 15 is 0 Å². The van der Waals surface area contributed by atoms with Gasteiger partial charge in [-0.3, -0.25) is 9.59 Å².